The van der Waals surface area contributed by atoms with Crippen molar-refractivity contribution in [3.05, 3.63) is 132 Å². The van der Waals surface area contributed by atoms with E-state index >= 15 is 0 Å². The van der Waals surface area contributed by atoms with Crippen LogP contribution in [0.1, 0.15) is 11.1 Å². The minimum absolute atomic E-state index is 0.188. The number of ether oxygens (including phenoxy) is 1. The number of carbonyl (C=O) groups is 1. The van der Waals surface area contributed by atoms with Gasteiger partial charge in [-0.15, -0.1) is 11.3 Å². The highest BCUT2D eigenvalue weighted by atomic mass is 32.1. The molecule has 1 amide bonds. The Labute approximate surface area is 214 Å². The van der Waals surface area contributed by atoms with Gasteiger partial charge in [-0.1, -0.05) is 84.9 Å². The largest absolute Gasteiger partial charge is 0.489 e. The highest BCUT2D eigenvalue weighted by Gasteiger charge is 2.07. The third kappa shape index (κ3) is 6.14. The molecule has 5 heteroatoms. The van der Waals surface area contributed by atoms with E-state index in [2.05, 4.69) is 22.8 Å². The van der Waals surface area contributed by atoms with Gasteiger partial charge in [-0.05, 0) is 41.5 Å². The zero-order valence-corrected chi connectivity index (χ0v) is 20.3. The number of aromatic nitrogens is 1. The Morgan fingerprint density at radius 1 is 0.806 bits per heavy atom. The van der Waals surface area contributed by atoms with Gasteiger partial charge in [0.25, 0.3) is 0 Å². The van der Waals surface area contributed by atoms with Crippen molar-refractivity contribution in [1.82, 2.24) is 4.98 Å². The van der Waals surface area contributed by atoms with E-state index in [0.29, 0.717) is 6.61 Å². The lowest BCUT2D eigenvalue weighted by Crippen LogP contribution is -2.07. The average molecular weight is 489 g/mol. The van der Waals surface area contributed by atoms with Gasteiger partial charge in [0.05, 0.1) is 5.69 Å². The molecule has 4 aromatic carbocycles. The summed E-state index contributed by atoms with van der Waals surface area (Å²) in [7, 11) is 0. The van der Waals surface area contributed by atoms with Crippen LogP contribution in [-0.4, -0.2) is 10.9 Å². The topological polar surface area (TPSA) is 51.2 Å². The maximum atomic E-state index is 12.4. The van der Waals surface area contributed by atoms with Gasteiger partial charge in [0.15, 0.2) is 0 Å². The van der Waals surface area contributed by atoms with Gasteiger partial charge in [-0.2, -0.15) is 0 Å². The van der Waals surface area contributed by atoms with Gasteiger partial charge in [0.2, 0.25) is 5.91 Å². The van der Waals surface area contributed by atoms with Crippen molar-refractivity contribution < 1.29 is 9.53 Å². The third-order valence-electron chi connectivity index (χ3n) is 5.53. The molecule has 5 rings (SSSR count). The van der Waals surface area contributed by atoms with Crippen LogP contribution in [0.5, 0.6) is 5.75 Å². The lowest BCUT2D eigenvalue weighted by atomic mass is 10.1. The molecule has 0 atom stereocenters. The number of nitrogens with one attached hydrogen (secondary N) is 1. The molecular weight excluding hydrogens is 464 g/mol. The monoisotopic (exact) mass is 488 g/mol. The zero-order chi connectivity index (χ0) is 24.6. The van der Waals surface area contributed by atoms with Crippen LogP contribution in [0, 0.1) is 0 Å². The van der Waals surface area contributed by atoms with Crippen molar-refractivity contribution >= 4 is 29.0 Å². The molecule has 0 saturated heterocycles. The van der Waals surface area contributed by atoms with E-state index in [1.54, 1.807) is 17.4 Å². The molecule has 5 aromatic rings. The molecule has 0 radical (unpaired) electrons. The smallest absolute Gasteiger partial charge is 0.248 e. The lowest BCUT2D eigenvalue weighted by molar-refractivity contribution is -0.111. The quantitative estimate of drug-likeness (QED) is 0.228. The minimum atomic E-state index is -0.188. The molecule has 176 valence electrons. The highest BCUT2D eigenvalue weighted by Crippen LogP contribution is 2.29. The first-order valence-corrected chi connectivity index (χ1v) is 12.5. The highest BCUT2D eigenvalue weighted by molar-refractivity contribution is 7.13. The van der Waals surface area contributed by atoms with Crippen LogP contribution < -0.4 is 10.1 Å². The standard InChI is InChI=1S/C31H24N2O2S/c34-30(20-13-23-11-18-28(19-12-23)35-21-24-7-3-1-4-8-24)32-27-16-14-25(15-17-27)29-22-36-31(33-29)26-9-5-2-6-10-26/h1-20,22H,21H2,(H,32,34)/b20-13+. The number of hydrogen-bond acceptors (Lipinski definition) is 4. The second kappa shape index (κ2) is 11.3. The minimum Gasteiger partial charge on any atom is -0.489 e. The van der Waals surface area contributed by atoms with Gasteiger partial charge in [0.1, 0.15) is 17.4 Å². The van der Waals surface area contributed by atoms with Crippen LogP contribution in [0.25, 0.3) is 27.9 Å². The van der Waals surface area contributed by atoms with E-state index in [1.807, 2.05) is 97.1 Å². The molecule has 0 aliphatic rings. The van der Waals surface area contributed by atoms with E-state index in [-0.39, 0.29) is 5.91 Å². The molecule has 36 heavy (non-hydrogen) atoms. The zero-order valence-electron chi connectivity index (χ0n) is 19.5. The fourth-order valence-corrected chi connectivity index (χ4v) is 4.45. The summed E-state index contributed by atoms with van der Waals surface area (Å²) in [6.45, 7) is 0.522. The molecule has 1 N–H and O–H groups in total. The van der Waals surface area contributed by atoms with Crippen LogP contribution in [0.4, 0.5) is 5.69 Å². The van der Waals surface area contributed by atoms with Crippen LogP contribution in [0.15, 0.2) is 121 Å². The number of benzene rings is 4. The van der Waals surface area contributed by atoms with Crippen LogP contribution in [0.2, 0.25) is 0 Å². The third-order valence-corrected chi connectivity index (χ3v) is 6.42. The van der Waals surface area contributed by atoms with Gasteiger partial charge < -0.3 is 10.1 Å². The summed E-state index contributed by atoms with van der Waals surface area (Å²) in [6, 6.07) is 35.6. The molecule has 0 aliphatic heterocycles. The second-order valence-electron chi connectivity index (χ2n) is 8.15. The molecule has 0 aliphatic carbocycles. The predicted molar refractivity (Wildman–Crippen MR) is 148 cm³/mol. The molecule has 4 nitrogen and oxygen atoms in total. The first-order chi connectivity index (χ1) is 17.7. The molecule has 0 unspecified atom stereocenters. The van der Waals surface area contributed by atoms with E-state index in [9.17, 15) is 4.79 Å². The normalized spacial score (nSPS) is 10.9. The fraction of sp³-hybridized carbons (Fsp3) is 0.0323. The molecule has 1 heterocycles. The van der Waals surface area contributed by atoms with Crippen molar-refractivity contribution in [2.45, 2.75) is 6.61 Å². The summed E-state index contributed by atoms with van der Waals surface area (Å²) in [5.74, 6) is 0.601. The number of anilines is 1. The Hall–Kier alpha value is -4.48. The Morgan fingerprint density at radius 3 is 2.22 bits per heavy atom. The second-order valence-corrected chi connectivity index (χ2v) is 9.01. The van der Waals surface area contributed by atoms with E-state index in [0.717, 1.165) is 44.4 Å². The van der Waals surface area contributed by atoms with Gasteiger partial charge in [-0.3, -0.25) is 4.79 Å². The fourth-order valence-electron chi connectivity index (χ4n) is 3.62. The van der Waals surface area contributed by atoms with Gasteiger partial charge in [-0.25, -0.2) is 4.98 Å². The summed E-state index contributed by atoms with van der Waals surface area (Å²) in [5.41, 5.74) is 5.82. The van der Waals surface area contributed by atoms with Crippen LogP contribution >= 0.6 is 11.3 Å². The van der Waals surface area contributed by atoms with Gasteiger partial charge >= 0.3 is 0 Å². The Kier molecular flexibility index (Phi) is 7.30. The SMILES string of the molecule is O=C(/C=C/c1ccc(OCc2ccccc2)cc1)Nc1ccc(-c2csc(-c3ccccc3)n2)cc1. The average Bonchev–Trinajstić information content (AvgIpc) is 3.43. The summed E-state index contributed by atoms with van der Waals surface area (Å²) < 4.78 is 5.81. The van der Waals surface area contributed by atoms with E-state index in [1.165, 1.54) is 6.08 Å². The molecular formula is C31H24N2O2S. The van der Waals surface area contributed by atoms with Crippen molar-refractivity contribution in [2.24, 2.45) is 0 Å². The van der Waals surface area contributed by atoms with Crippen LogP contribution in [0.3, 0.4) is 0 Å². The molecule has 0 spiro atoms. The summed E-state index contributed by atoms with van der Waals surface area (Å²) in [4.78, 5) is 17.1. The summed E-state index contributed by atoms with van der Waals surface area (Å²) in [5, 5.41) is 5.95. The first kappa shape index (κ1) is 23.3. The number of nitrogens with zero attached hydrogens (tertiary/aromatic N) is 1. The number of hydrogen-bond donors (Lipinski definition) is 1. The molecule has 1 aromatic heterocycles. The van der Waals surface area contributed by atoms with Crippen molar-refractivity contribution in [3.8, 4) is 27.6 Å². The maximum Gasteiger partial charge on any atom is 0.248 e. The number of carbonyl (C=O) groups excluding carboxylic acids is 1. The van der Waals surface area contributed by atoms with Crippen LogP contribution in [-0.2, 0) is 11.4 Å². The summed E-state index contributed by atoms with van der Waals surface area (Å²) in [6.07, 6.45) is 3.31. The van der Waals surface area contributed by atoms with Crippen molar-refractivity contribution in [3.63, 3.8) is 0 Å². The van der Waals surface area contributed by atoms with Gasteiger partial charge in [0, 0.05) is 28.3 Å². The Morgan fingerprint density at radius 2 is 1.50 bits per heavy atom. The van der Waals surface area contributed by atoms with E-state index in [4.69, 9.17) is 9.72 Å². The predicted octanol–water partition coefficient (Wildman–Crippen LogP) is 7.71. The Bertz CT molecular complexity index is 1440. The molecule has 0 bridgehead atoms. The summed E-state index contributed by atoms with van der Waals surface area (Å²) >= 11 is 1.62. The lowest BCUT2D eigenvalue weighted by Gasteiger charge is -2.06. The maximum absolute atomic E-state index is 12.4. The number of thiazole rings is 1. The number of amides is 1. The first-order valence-electron chi connectivity index (χ1n) is 11.6. The molecule has 0 fully saturated rings. The molecule has 0 saturated carbocycles. The van der Waals surface area contributed by atoms with Crippen molar-refractivity contribution in [1.29, 1.82) is 0 Å². The van der Waals surface area contributed by atoms with E-state index < -0.39 is 0 Å². The Balaban J connectivity index is 1.14. The number of rotatable bonds is 8. The van der Waals surface area contributed by atoms with Crippen molar-refractivity contribution in [2.75, 3.05) is 5.32 Å².